The Morgan fingerprint density at radius 2 is 0.761 bits per heavy atom. The van der Waals surface area contributed by atoms with Crippen LogP contribution in [0, 0.1) is 27.7 Å². The third-order valence-electron chi connectivity index (χ3n) is 14.5. The van der Waals surface area contributed by atoms with E-state index in [4.69, 9.17) is 0 Å². The average molecular weight is 903 g/mol. The summed E-state index contributed by atoms with van der Waals surface area (Å²) in [6, 6.07) is 74.2. The van der Waals surface area contributed by atoms with Gasteiger partial charge in [-0.2, -0.15) is 0 Å². The summed E-state index contributed by atoms with van der Waals surface area (Å²) in [6.07, 6.45) is 0. The van der Waals surface area contributed by atoms with E-state index in [1.807, 2.05) is 0 Å². The summed E-state index contributed by atoms with van der Waals surface area (Å²) in [4.78, 5) is 4.99. The lowest BCUT2D eigenvalue weighted by molar-refractivity contribution is 0.769. The lowest BCUT2D eigenvalue weighted by Crippen LogP contribution is -2.37. The van der Waals surface area contributed by atoms with Crippen LogP contribution in [0.3, 0.4) is 0 Å². The first-order valence-electron chi connectivity index (χ1n) is 23.9. The van der Waals surface area contributed by atoms with Crippen LogP contribution < -0.4 is 20.2 Å². The second-order valence-corrected chi connectivity index (χ2v) is 31.0. The molecule has 0 saturated heterocycles. The first-order chi connectivity index (χ1) is 32.1. The maximum atomic E-state index is 2.55. The second-order valence-electron chi connectivity index (χ2n) is 20.9. The van der Waals surface area contributed by atoms with Gasteiger partial charge in [0.25, 0.3) is 0 Å². The fourth-order valence-corrected chi connectivity index (χ4v) is 12.8. The molecule has 2 nitrogen and oxygen atoms in total. The smallest absolute Gasteiger partial charge is 0.0775 e. The first-order valence-corrected chi connectivity index (χ1v) is 30.9. The molecule has 0 fully saturated rings. The number of rotatable bonds is 10. The van der Waals surface area contributed by atoms with Gasteiger partial charge in [-0.3, -0.25) is 0 Å². The largest absolute Gasteiger partial charge is 0.310 e. The molecular formula is C63H62N2Si2. The van der Waals surface area contributed by atoms with Gasteiger partial charge in [-0.1, -0.05) is 177 Å². The normalized spacial score (nSPS) is 13.0. The molecule has 0 N–H and O–H groups in total. The van der Waals surface area contributed by atoms with Gasteiger partial charge in [0.2, 0.25) is 0 Å². The van der Waals surface area contributed by atoms with Crippen molar-refractivity contribution in [2.45, 2.75) is 72.4 Å². The third-order valence-corrected chi connectivity index (χ3v) is 18.6. The molecular weight excluding hydrogens is 841 g/mol. The Morgan fingerprint density at radius 3 is 1.25 bits per heavy atom. The van der Waals surface area contributed by atoms with Crippen LogP contribution in [0.1, 0.15) is 44.5 Å². The van der Waals surface area contributed by atoms with E-state index in [0.29, 0.717) is 0 Å². The van der Waals surface area contributed by atoms with E-state index in [0.717, 1.165) is 28.4 Å². The lowest BCUT2D eigenvalue weighted by atomic mass is 9.67. The van der Waals surface area contributed by atoms with Gasteiger partial charge in [-0.25, -0.2) is 0 Å². The van der Waals surface area contributed by atoms with Crippen LogP contribution in [0.15, 0.2) is 194 Å². The van der Waals surface area contributed by atoms with Crippen molar-refractivity contribution < 1.29 is 0 Å². The van der Waals surface area contributed by atoms with Gasteiger partial charge < -0.3 is 9.80 Å². The predicted molar refractivity (Wildman–Crippen MR) is 296 cm³/mol. The Hall–Kier alpha value is -6.73. The van der Waals surface area contributed by atoms with Crippen LogP contribution in [-0.4, -0.2) is 16.1 Å². The van der Waals surface area contributed by atoms with Gasteiger partial charge in [0, 0.05) is 33.8 Å². The van der Waals surface area contributed by atoms with Crippen molar-refractivity contribution in [2.24, 2.45) is 0 Å². The van der Waals surface area contributed by atoms with Gasteiger partial charge in [0.15, 0.2) is 0 Å². The molecule has 0 aromatic heterocycles. The summed E-state index contributed by atoms with van der Waals surface area (Å²) in [5, 5.41) is 5.38. The van der Waals surface area contributed by atoms with Crippen molar-refractivity contribution in [1.82, 2.24) is 0 Å². The molecule has 0 amide bonds. The van der Waals surface area contributed by atoms with E-state index in [9.17, 15) is 0 Å². The van der Waals surface area contributed by atoms with Crippen molar-refractivity contribution >= 4 is 71.4 Å². The zero-order valence-corrected chi connectivity index (χ0v) is 42.9. The van der Waals surface area contributed by atoms with Crippen molar-refractivity contribution in [2.75, 3.05) is 9.80 Å². The molecule has 9 aromatic carbocycles. The summed E-state index contributed by atoms with van der Waals surface area (Å²) >= 11 is 0. The fraction of sp³-hybridized carbons (Fsp3) is 0.175. The number of hydrogen-bond donors (Lipinski definition) is 0. The summed E-state index contributed by atoms with van der Waals surface area (Å²) in [5.41, 5.74) is 19.0. The fourth-order valence-electron chi connectivity index (χ4n) is 10.5. The van der Waals surface area contributed by atoms with E-state index >= 15 is 0 Å². The van der Waals surface area contributed by atoms with E-state index in [1.165, 1.54) is 82.5 Å². The highest BCUT2D eigenvalue weighted by atomic mass is 28.3. The van der Waals surface area contributed by atoms with Crippen LogP contribution in [0.25, 0.3) is 21.9 Å². The van der Waals surface area contributed by atoms with Gasteiger partial charge in [-0.15, -0.1) is 0 Å². The van der Waals surface area contributed by atoms with Gasteiger partial charge in [0.1, 0.15) is 0 Å². The Bertz CT molecular complexity index is 3250. The Labute approximate surface area is 401 Å². The molecule has 332 valence electrons. The van der Waals surface area contributed by atoms with Crippen LogP contribution in [-0.2, 0) is 5.41 Å². The maximum Gasteiger partial charge on any atom is 0.0775 e. The zero-order chi connectivity index (χ0) is 46.8. The average Bonchev–Trinajstić information content (AvgIpc) is 3.62. The third kappa shape index (κ3) is 7.66. The molecule has 10 rings (SSSR count). The monoisotopic (exact) mass is 902 g/mol. The number of aryl methyl sites for hydroxylation is 4. The number of hydrogen-bond acceptors (Lipinski definition) is 2. The molecule has 0 unspecified atom stereocenters. The molecule has 0 heterocycles. The number of nitrogens with zero attached hydrogens (tertiary/aromatic N) is 2. The Morgan fingerprint density at radius 1 is 0.343 bits per heavy atom. The molecule has 0 saturated carbocycles. The molecule has 0 bridgehead atoms. The molecule has 0 radical (unpaired) electrons. The standard InChI is InChI=1S/C63H62N2Si2/c1-43-25-27-51(39-45(43)3)64(49-29-34-54(35-30-49)66(5,6)7)53-33-38-58-59(41-53)63(47-19-13-11-14-20-47,48-21-15-12-16-22-48)60-42-61(56-23-17-18-24-57(56)62(58)60)65(52-28-26-44(2)46(4)40-52)50-31-36-55(37-32-50)67(8,9)10/h11-42H,1-10H3. The van der Waals surface area contributed by atoms with Crippen LogP contribution in [0.4, 0.5) is 34.1 Å². The second kappa shape index (κ2) is 16.9. The summed E-state index contributed by atoms with van der Waals surface area (Å²) in [7, 11) is -3.07. The molecule has 67 heavy (non-hydrogen) atoms. The van der Waals surface area contributed by atoms with Crippen molar-refractivity contribution in [3.05, 3.63) is 239 Å². The Kier molecular flexibility index (Phi) is 11.1. The minimum Gasteiger partial charge on any atom is -0.310 e. The number of benzene rings is 9. The highest BCUT2D eigenvalue weighted by molar-refractivity contribution is 6.89. The molecule has 0 aliphatic heterocycles. The van der Waals surface area contributed by atoms with Crippen molar-refractivity contribution in [3.63, 3.8) is 0 Å². The SMILES string of the molecule is Cc1ccc(N(c2ccc([Si](C)(C)C)cc2)c2ccc3c(c2)C(c2ccccc2)(c2ccccc2)c2cc(N(c4ccc([Si](C)(C)C)cc4)c4ccc(C)c(C)c4)c4ccccc4c2-3)cc1C. The van der Waals surface area contributed by atoms with E-state index < -0.39 is 21.6 Å². The highest BCUT2D eigenvalue weighted by Crippen LogP contribution is 2.60. The quantitative estimate of drug-likeness (QED) is 0.126. The maximum absolute atomic E-state index is 2.55. The molecule has 0 atom stereocenters. The van der Waals surface area contributed by atoms with Crippen molar-refractivity contribution in [1.29, 1.82) is 0 Å². The number of anilines is 6. The van der Waals surface area contributed by atoms with E-state index in [1.54, 1.807) is 0 Å². The van der Waals surface area contributed by atoms with Crippen LogP contribution in [0.5, 0.6) is 0 Å². The summed E-state index contributed by atoms with van der Waals surface area (Å²) < 4.78 is 0. The predicted octanol–water partition coefficient (Wildman–Crippen LogP) is 16.5. The van der Waals surface area contributed by atoms with Gasteiger partial charge in [-0.05, 0) is 155 Å². The van der Waals surface area contributed by atoms with Crippen LogP contribution >= 0.6 is 0 Å². The zero-order valence-electron chi connectivity index (χ0n) is 40.9. The minimum atomic E-state index is -1.55. The molecule has 4 heteroatoms. The van der Waals surface area contributed by atoms with Crippen molar-refractivity contribution in [3.8, 4) is 11.1 Å². The number of fused-ring (bicyclic) bond motifs is 5. The Balaban J connectivity index is 1.30. The van der Waals surface area contributed by atoms with Gasteiger partial charge >= 0.3 is 0 Å². The van der Waals surface area contributed by atoms with Crippen LogP contribution in [0.2, 0.25) is 39.3 Å². The molecule has 9 aromatic rings. The molecule has 1 aliphatic rings. The topological polar surface area (TPSA) is 6.48 Å². The van der Waals surface area contributed by atoms with E-state index in [-0.39, 0.29) is 0 Å². The van der Waals surface area contributed by atoms with E-state index in [2.05, 4.69) is 271 Å². The minimum absolute atomic E-state index is 0.658. The highest BCUT2D eigenvalue weighted by Gasteiger charge is 2.48. The summed E-state index contributed by atoms with van der Waals surface area (Å²) in [5.74, 6) is 0. The molecule has 0 spiro atoms. The summed E-state index contributed by atoms with van der Waals surface area (Å²) in [6.45, 7) is 23.4. The molecule has 1 aliphatic carbocycles. The van der Waals surface area contributed by atoms with Gasteiger partial charge in [0.05, 0.1) is 27.3 Å². The lowest BCUT2D eigenvalue weighted by Gasteiger charge is -2.36. The first kappa shape index (κ1) is 44.1.